The fourth-order valence-electron chi connectivity index (χ4n) is 2.70. The molecule has 0 aliphatic heterocycles. The fraction of sp³-hybridized carbons (Fsp3) is 0.381. The van der Waals surface area contributed by atoms with Crippen molar-refractivity contribution in [3.63, 3.8) is 0 Å². The Kier molecular flexibility index (Phi) is 8.42. The van der Waals surface area contributed by atoms with Crippen LogP contribution in [-0.2, 0) is 11.3 Å². The number of amides is 1. The summed E-state index contributed by atoms with van der Waals surface area (Å²) in [6.07, 6.45) is 0. The Morgan fingerprint density at radius 1 is 1.07 bits per heavy atom. The van der Waals surface area contributed by atoms with Crippen molar-refractivity contribution < 1.29 is 23.9 Å². The van der Waals surface area contributed by atoms with E-state index in [1.807, 2.05) is 37.4 Å². The number of likely N-dealkylation sites (N-methyl/N-ethyl adjacent to an activating group) is 2. The number of nitrogens with one attached hydrogen (secondary N) is 1. The highest BCUT2D eigenvalue weighted by Crippen LogP contribution is 2.27. The average molecular weight is 408 g/mol. The molecule has 0 aromatic heterocycles. The van der Waals surface area contributed by atoms with Gasteiger partial charge in [0, 0.05) is 18.6 Å². The van der Waals surface area contributed by atoms with Gasteiger partial charge in [0.05, 0.1) is 21.3 Å². The number of methoxy groups -OCH3 is 2. The van der Waals surface area contributed by atoms with Gasteiger partial charge in [-0.15, -0.1) is 0 Å². The van der Waals surface area contributed by atoms with E-state index >= 15 is 0 Å². The van der Waals surface area contributed by atoms with E-state index in [1.165, 1.54) is 0 Å². The normalized spacial score (nSPS) is 11.6. The lowest BCUT2D eigenvalue weighted by molar-refractivity contribution is -0.871. The molecule has 152 valence electrons. The molecule has 0 fully saturated rings. The molecule has 0 bridgehead atoms. The molecule has 2 aromatic rings. The lowest BCUT2D eigenvalue weighted by atomic mass is 10.2. The van der Waals surface area contributed by atoms with Crippen molar-refractivity contribution in [3.05, 3.63) is 53.1 Å². The molecule has 0 aliphatic carbocycles. The molecule has 7 heteroatoms. The van der Waals surface area contributed by atoms with Crippen molar-refractivity contribution in [1.82, 2.24) is 4.90 Å². The van der Waals surface area contributed by atoms with Gasteiger partial charge in [-0.2, -0.15) is 0 Å². The first-order valence-electron chi connectivity index (χ1n) is 9.07. The lowest BCUT2D eigenvalue weighted by Crippen LogP contribution is -3.10. The van der Waals surface area contributed by atoms with Crippen molar-refractivity contribution in [1.29, 1.82) is 0 Å². The summed E-state index contributed by atoms with van der Waals surface area (Å²) in [6.45, 7) is 2.15. The van der Waals surface area contributed by atoms with Crippen LogP contribution in [0.15, 0.2) is 42.5 Å². The summed E-state index contributed by atoms with van der Waals surface area (Å²) in [5, 5.41) is 0.679. The Balaban J connectivity index is 1.78. The predicted molar refractivity (Wildman–Crippen MR) is 110 cm³/mol. The van der Waals surface area contributed by atoms with Crippen LogP contribution in [0.4, 0.5) is 0 Å². The number of halogens is 1. The first-order chi connectivity index (χ1) is 13.4. The summed E-state index contributed by atoms with van der Waals surface area (Å²) in [5.41, 5.74) is 0.984. The summed E-state index contributed by atoms with van der Waals surface area (Å²) in [7, 11) is 6.98. The number of hydrogen-bond donors (Lipinski definition) is 1. The number of carbonyl (C=O) groups excluding carboxylic acids is 1. The van der Waals surface area contributed by atoms with Gasteiger partial charge in [-0.3, -0.25) is 4.79 Å². The Labute approximate surface area is 171 Å². The third kappa shape index (κ3) is 6.62. The van der Waals surface area contributed by atoms with E-state index in [4.69, 9.17) is 25.8 Å². The fourth-order valence-corrected chi connectivity index (χ4v) is 2.82. The Morgan fingerprint density at radius 3 is 2.39 bits per heavy atom. The van der Waals surface area contributed by atoms with E-state index in [-0.39, 0.29) is 5.91 Å². The maximum Gasteiger partial charge on any atom is 0.277 e. The molecule has 0 saturated carbocycles. The molecule has 0 heterocycles. The molecule has 1 N–H and O–H groups in total. The summed E-state index contributed by atoms with van der Waals surface area (Å²) >= 11 is 5.86. The number of quaternary nitrogens is 1. The van der Waals surface area contributed by atoms with E-state index in [0.717, 1.165) is 22.8 Å². The smallest absolute Gasteiger partial charge is 0.277 e. The maximum absolute atomic E-state index is 12.5. The van der Waals surface area contributed by atoms with Crippen LogP contribution in [0.1, 0.15) is 5.56 Å². The number of benzene rings is 2. The monoisotopic (exact) mass is 407 g/mol. The van der Waals surface area contributed by atoms with Gasteiger partial charge in [0.25, 0.3) is 5.91 Å². The molecular weight excluding hydrogens is 380 g/mol. The topological polar surface area (TPSA) is 52.4 Å². The zero-order chi connectivity index (χ0) is 20.5. The molecule has 1 unspecified atom stereocenters. The molecular formula is C21H28ClN2O4+. The number of ether oxygens (including phenoxy) is 3. The second kappa shape index (κ2) is 10.8. The summed E-state index contributed by atoms with van der Waals surface area (Å²) in [5.74, 6) is 2.17. The van der Waals surface area contributed by atoms with E-state index in [1.54, 1.807) is 38.3 Å². The highest BCUT2D eigenvalue weighted by Gasteiger charge is 2.16. The van der Waals surface area contributed by atoms with Crippen molar-refractivity contribution in [2.45, 2.75) is 6.54 Å². The van der Waals surface area contributed by atoms with Crippen molar-refractivity contribution in [2.24, 2.45) is 0 Å². The Bertz CT molecular complexity index is 768. The minimum Gasteiger partial charge on any atom is -0.493 e. The maximum atomic E-state index is 12.5. The molecule has 0 saturated heterocycles. The minimum atomic E-state index is 0.0683. The molecule has 1 amide bonds. The van der Waals surface area contributed by atoms with Crippen molar-refractivity contribution >= 4 is 17.5 Å². The molecule has 0 spiro atoms. The van der Waals surface area contributed by atoms with Crippen LogP contribution in [0.2, 0.25) is 5.02 Å². The number of rotatable bonds is 10. The SMILES string of the molecule is COc1ccc(CN(C)C(=O)C[NH+](C)CCOc2ccc(Cl)cc2)cc1OC. The van der Waals surface area contributed by atoms with E-state index in [9.17, 15) is 4.79 Å². The highest BCUT2D eigenvalue weighted by molar-refractivity contribution is 6.30. The largest absolute Gasteiger partial charge is 0.493 e. The highest BCUT2D eigenvalue weighted by atomic mass is 35.5. The van der Waals surface area contributed by atoms with Gasteiger partial charge in [0.2, 0.25) is 0 Å². The van der Waals surface area contributed by atoms with Gasteiger partial charge in [0.15, 0.2) is 18.0 Å². The van der Waals surface area contributed by atoms with Gasteiger partial charge in [-0.1, -0.05) is 17.7 Å². The molecule has 1 atom stereocenters. The predicted octanol–water partition coefficient (Wildman–Crippen LogP) is 1.91. The van der Waals surface area contributed by atoms with Crippen molar-refractivity contribution in [2.75, 3.05) is 48.0 Å². The second-order valence-electron chi connectivity index (χ2n) is 6.63. The zero-order valence-electron chi connectivity index (χ0n) is 16.8. The molecule has 2 aromatic carbocycles. The minimum absolute atomic E-state index is 0.0683. The van der Waals surface area contributed by atoms with Gasteiger partial charge in [-0.05, 0) is 42.0 Å². The van der Waals surface area contributed by atoms with Crippen LogP contribution in [-0.4, -0.2) is 58.8 Å². The van der Waals surface area contributed by atoms with Crippen LogP contribution in [0.5, 0.6) is 17.2 Å². The van der Waals surface area contributed by atoms with E-state index < -0.39 is 0 Å². The third-order valence-electron chi connectivity index (χ3n) is 4.36. The quantitative estimate of drug-likeness (QED) is 0.653. The molecule has 28 heavy (non-hydrogen) atoms. The summed E-state index contributed by atoms with van der Waals surface area (Å²) in [6, 6.07) is 12.9. The first-order valence-corrected chi connectivity index (χ1v) is 9.45. The molecule has 6 nitrogen and oxygen atoms in total. The van der Waals surface area contributed by atoms with E-state index in [2.05, 4.69) is 0 Å². The Hall–Kier alpha value is -2.44. The molecule has 0 radical (unpaired) electrons. The van der Waals surface area contributed by atoms with Crippen molar-refractivity contribution in [3.8, 4) is 17.2 Å². The van der Waals surface area contributed by atoms with Gasteiger partial charge < -0.3 is 24.0 Å². The Morgan fingerprint density at radius 2 is 1.75 bits per heavy atom. The van der Waals surface area contributed by atoms with Gasteiger partial charge in [0.1, 0.15) is 18.9 Å². The number of carbonyl (C=O) groups is 1. The standard InChI is InChI=1S/C21H27ClN2O4/c1-23(11-12-28-18-8-6-17(22)7-9-18)15-21(25)24(2)14-16-5-10-19(26-3)20(13-16)27-4/h5-10,13H,11-12,14-15H2,1-4H3/p+1. The third-order valence-corrected chi connectivity index (χ3v) is 4.61. The van der Waals surface area contributed by atoms with E-state index in [0.29, 0.717) is 36.2 Å². The molecule has 0 aliphatic rings. The van der Waals surface area contributed by atoms with Crippen LogP contribution >= 0.6 is 11.6 Å². The summed E-state index contributed by atoms with van der Waals surface area (Å²) in [4.78, 5) is 15.3. The van der Waals surface area contributed by atoms with Crippen LogP contribution in [0.3, 0.4) is 0 Å². The average Bonchev–Trinajstić information content (AvgIpc) is 2.69. The van der Waals surface area contributed by atoms with Crippen LogP contribution in [0.25, 0.3) is 0 Å². The number of nitrogens with zero attached hydrogens (tertiary/aromatic N) is 1. The van der Waals surface area contributed by atoms with Crippen LogP contribution < -0.4 is 19.1 Å². The summed E-state index contributed by atoms with van der Waals surface area (Å²) < 4.78 is 16.2. The zero-order valence-corrected chi connectivity index (χ0v) is 17.6. The number of hydrogen-bond acceptors (Lipinski definition) is 4. The first kappa shape index (κ1) is 21.9. The van der Waals surface area contributed by atoms with Gasteiger partial charge in [-0.25, -0.2) is 0 Å². The molecule has 2 rings (SSSR count). The van der Waals surface area contributed by atoms with Gasteiger partial charge >= 0.3 is 0 Å². The van der Waals surface area contributed by atoms with Crippen LogP contribution in [0, 0.1) is 0 Å². The lowest BCUT2D eigenvalue weighted by Gasteiger charge is -2.20. The second-order valence-corrected chi connectivity index (χ2v) is 7.06.